The number of benzene rings is 6. The van der Waals surface area contributed by atoms with E-state index in [0.29, 0.717) is 10.0 Å². The van der Waals surface area contributed by atoms with Gasteiger partial charge in [0.15, 0.2) is 11.6 Å². The van der Waals surface area contributed by atoms with Crippen LogP contribution in [0.4, 0.5) is 0 Å². The third kappa shape index (κ3) is 5.48. The lowest BCUT2D eigenvalue weighted by Crippen LogP contribution is -2.42. The molecule has 0 saturated carbocycles. The van der Waals surface area contributed by atoms with Gasteiger partial charge in [-0.05, 0) is 23.3 Å². The number of aromatic nitrogens is 2. The molecule has 1 atom stereocenters. The van der Waals surface area contributed by atoms with Crippen LogP contribution in [0.1, 0.15) is 33.9 Å². The van der Waals surface area contributed by atoms with Gasteiger partial charge in [-0.15, -0.1) is 0 Å². The summed E-state index contributed by atoms with van der Waals surface area (Å²) in [6.45, 7) is 0. The standard InChI is InChI=1S/C41H31Cl2N2/c42-37-25-26-38(39(43)29-37)41(35-17-9-3-10-18-35,36-19-11-4-12-20-36)45-28-27-44(30-45)40(33-15-7-2-8-16-33)34-23-21-32(22-24-34)31-13-5-1-6-14-31/h1-30,40H/q+1. The molecule has 45 heavy (non-hydrogen) atoms. The average Bonchev–Trinajstić information content (AvgIpc) is 3.58. The van der Waals surface area contributed by atoms with Crippen LogP contribution < -0.4 is 4.57 Å². The molecule has 0 bridgehead atoms. The Kier molecular flexibility index (Phi) is 8.09. The zero-order valence-corrected chi connectivity index (χ0v) is 26.1. The second kappa shape index (κ2) is 12.6. The number of imidazole rings is 1. The Morgan fingerprint density at radius 1 is 0.533 bits per heavy atom. The fraction of sp³-hybridized carbons (Fsp3) is 0.0488. The third-order valence-corrected chi connectivity index (χ3v) is 9.04. The number of halogens is 2. The van der Waals surface area contributed by atoms with Crippen molar-refractivity contribution in [2.45, 2.75) is 11.6 Å². The van der Waals surface area contributed by atoms with Crippen molar-refractivity contribution in [3.8, 4) is 11.1 Å². The molecular formula is C41H31Cl2N2+. The van der Waals surface area contributed by atoms with Crippen molar-refractivity contribution in [2.24, 2.45) is 0 Å². The SMILES string of the molecule is Clc1ccc(C(c2ccccc2)(c2ccccc2)n2cc[n+](C(c3ccccc3)c3ccc(-c4ccccc4)cc3)c2)c(Cl)c1. The van der Waals surface area contributed by atoms with Gasteiger partial charge in [-0.2, -0.15) is 0 Å². The first-order chi connectivity index (χ1) is 22.1. The fourth-order valence-corrected chi connectivity index (χ4v) is 6.98. The van der Waals surface area contributed by atoms with Gasteiger partial charge in [-0.3, -0.25) is 0 Å². The Morgan fingerprint density at radius 2 is 1.04 bits per heavy atom. The van der Waals surface area contributed by atoms with Crippen molar-refractivity contribution in [1.82, 2.24) is 4.57 Å². The predicted octanol–water partition coefficient (Wildman–Crippen LogP) is 10.2. The van der Waals surface area contributed by atoms with E-state index in [9.17, 15) is 0 Å². The molecular weight excluding hydrogens is 591 g/mol. The smallest absolute Gasteiger partial charge is 0.226 e. The largest absolute Gasteiger partial charge is 0.245 e. The first kappa shape index (κ1) is 28.9. The molecule has 1 aromatic heterocycles. The zero-order chi connectivity index (χ0) is 30.6. The molecule has 7 rings (SSSR count). The molecule has 1 unspecified atom stereocenters. The molecule has 0 N–H and O–H groups in total. The molecule has 0 spiro atoms. The molecule has 0 fully saturated rings. The quantitative estimate of drug-likeness (QED) is 0.118. The average molecular weight is 623 g/mol. The van der Waals surface area contributed by atoms with E-state index in [-0.39, 0.29) is 6.04 Å². The molecule has 6 aromatic carbocycles. The van der Waals surface area contributed by atoms with Crippen LogP contribution >= 0.6 is 23.2 Å². The Hall–Kier alpha value is -4.89. The molecule has 0 amide bonds. The minimum atomic E-state index is -0.770. The summed E-state index contributed by atoms with van der Waals surface area (Å²) in [6, 6.07) is 56.9. The number of rotatable bonds is 8. The van der Waals surface area contributed by atoms with Gasteiger partial charge in [0.1, 0.15) is 12.4 Å². The van der Waals surface area contributed by atoms with Gasteiger partial charge in [0.05, 0.1) is 5.02 Å². The number of nitrogens with zero attached hydrogens (tertiary/aromatic N) is 2. The summed E-state index contributed by atoms with van der Waals surface area (Å²) in [5.41, 5.74) is 7.14. The molecule has 218 valence electrons. The summed E-state index contributed by atoms with van der Waals surface area (Å²) in [6.07, 6.45) is 6.51. The fourth-order valence-electron chi connectivity index (χ4n) is 6.44. The van der Waals surface area contributed by atoms with E-state index in [1.165, 1.54) is 22.3 Å². The monoisotopic (exact) mass is 621 g/mol. The van der Waals surface area contributed by atoms with Crippen LogP contribution in [0.2, 0.25) is 10.0 Å². The molecule has 0 aliphatic carbocycles. The lowest BCUT2D eigenvalue weighted by atomic mass is 9.76. The van der Waals surface area contributed by atoms with Gasteiger partial charge in [-0.25, -0.2) is 9.13 Å². The molecule has 7 aromatic rings. The summed E-state index contributed by atoms with van der Waals surface area (Å²) >= 11 is 13.5. The van der Waals surface area contributed by atoms with Crippen LogP contribution in [0.25, 0.3) is 11.1 Å². The van der Waals surface area contributed by atoms with Crippen LogP contribution in [0.15, 0.2) is 183 Å². The van der Waals surface area contributed by atoms with E-state index in [0.717, 1.165) is 16.7 Å². The van der Waals surface area contributed by atoms with Crippen molar-refractivity contribution in [2.75, 3.05) is 0 Å². The minimum absolute atomic E-state index is 0.0535. The van der Waals surface area contributed by atoms with Crippen LogP contribution in [-0.2, 0) is 5.54 Å². The van der Waals surface area contributed by atoms with Crippen LogP contribution in [0.3, 0.4) is 0 Å². The minimum Gasteiger partial charge on any atom is -0.226 e. The van der Waals surface area contributed by atoms with Crippen molar-refractivity contribution in [3.05, 3.63) is 220 Å². The van der Waals surface area contributed by atoms with Crippen LogP contribution in [0, 0.1) is 0 Å². The van der Waals surface area contributed by atoms with Crippen molar-refractivity contribution in [3.63, 3.8) is 0 Å². The van der Waals surface area contributed by atoms with E-state index < -0.39 is 5.54 Å². The molecule has 4 heteroatoms. The van der Waals surface area contributed by atoms with Crippen molar-refractivity contribution >= 4 is 23.2 Å². The maximum Gasteiger partial charge on any atom is 0.245 e. The van der Waals surface area contributed by atoms with E-state index in [2.05, 4.69) is 155 Å². The predicted molar refractivity (Wildman–Crippen MR) is 185 cm³/mol. The van der Waals surface area contributed by atoms with Gasteiger partial charge in [0, 0.05) is 32.8 Å². The van der Waals surface area contributed by atoms with E-state index in [1.54, 1.807) is 0 Å². The van der Waals surface area contributed by atoms with Crippen LogP contribution in [0.5, 0.6) is 0 Å². The maximum atomic E-state index is 7.09. The highest BCUT2D eigenvalue weighted by Crippen LogP contribution is 2.44. The Balaban J connectivity index is 1.44. The highest BCUT2D eigenvalue weighted by molar-refractivity contribution is 6.35. The normalized spacial score (nSPS) is 12.1. The maximum absolute atomic E-state index is 7.09. The second-order valence-electron chi connectivity index (χ2n) is 11.1. The first-order valence-electron chi connectivity index (χ1n) is 15.0. The topological polar surface area (TPSA) is 8.81 Å². The van der Waals surface area contributed by atoms with E-state index >= 15 is 0 Å². The van der Waals surface area contributed by atoms with Gasteiger partial charge < -0.3 is 0 Å². The number of hydrogen-bond donors (Lipinski definition) is 0. The summed E-state index contributed by atoms with van der Waals surface area (Å²) in [7, 11) is 0. The lowest BCUT2D eigenvalue weighted by molar-refractivity contribution is -0.704. The van der Waals surface area contributed by atoms with E-state index in [1.807, 2.05) is 36.4 Å². The molecule has 0 radical (unpaired) electrons. The molecule has 1 heterocycles. The summed E-state index contributed by atoms with van der Waals surface area (Å²) in [4.78, 5) is 0. The second-order valence-corrected chi connectivity index (χ2v) is 12.0. The van der Waals surface area contributed by atoms with E-state index in [4.69, 9.17) is 23.2 Å². The Labute approximate surface area is 274 Å². The Bertz CT molecular complexity index is 1960. The van der Waals surface area contributed by atoms with Gasteiger partial charge in [-0.1, -0.05) is 175 Å². The Morgan fingerprint density at radius 3 is 1.62 bits per heavy atom. The van der Waals surface area contributed by atoms with Crippen molar-refractivity contribution in [1.29, 1.82) is 0 Å². The lowest BCUT2D eigenvalue weighted by Gasteiger charge is -2.33. The highest BCUT2D eigenvalue weighted by atomic mass is 35.5. The highest BCUT2D eigenvalue weighted by Gasteiger charge is 2.45. The molecule has 0 aliphatic rings. The number of hydrogen-bond acceptors (Lipinski definition) is 0. The third-order valence-electron chi connectivity index (χ3n) is 8.50. The molecule has 0 aliphatic heterocycles. The zero-order valence-electron chi connectivity index (χ0n) is 24.5. The summed E-state index contributed by atoms with van der Waals surface area (Å²) in [5.74, 6) is 0. The van der Waals surface area contributed by atoms with Crippen molar-refractivity contribution < 1.29 is 4.57 Å². The van der Waals surface area contributed by atoms with Gasteiger partial charge in [0.25, 0.3) is 0 Å². The van der Waals surface area contributed by atoms with Gasteiger partial charge in [0.2, 0.25) is 6.33 Å². The summed E-state index contributed by atoms with van der Waals surface area (Å²) in [5, 5.41) is 1.20. The first-order valence-corrected chi connectivity index (χ1v) is 15.8. The van der Waals surface area contributed by atoms with Crippen LogP contribution in [-0.4, -0.2) is 4.57 Å². The summed E-state index contributed by atoms with van der Waals surface area (Å²) < 4.78 is 4.57. The van der Waals surface area contributed by atoms with Gasteiger partial charge >= 0.3 is 0 Å². The molecule has 0 saturated heterocycles. The molecule has 2 nitrogen and oxygen atoms in total.